The minimum atomic E-state index is -5.15. The average Bonchev–Trinajstić information content (AvgIpc) is 3.37. The highest BCUT2D eigenvalue weighted by Gasteiger charge is 2.38. The molecule has 0 spiro atoms. The van der Waals surface area contributed by atoms with Crippen LogP contribution in [0.2, 0.25) is 16.9 Å². The lowest BCUT2D eigenvalue weighted by Crippen LogP contribution is -2.32. The average molecular weight is 681 g/mol. The van der Waals surface area contributed by atoms with Gasteiger partial charge in [0.1, 0.15) is 29.4 Å². The second-order valence-electron chi connectivity index (χ2n) is 9.54. The number of ether oxygens (including phenoxy) is 2. The molecule has 3 aromatic rings. The van der Waals surface area contributed by atoms with Gasteiger partial charge < -0.3 is 44.8 Å². The molecule has 19 heteroatoms. The zero-order chi connectivity index (χ0) is 33.9. The molecule has 0 aliphatic rings. The highest BCUT2D eigenvalue weighted by Crippen LogP contribution is 2.26. The molecule has 0 saturated carbocycles. The van der Waals surface area contributed by atoms with E-state index >= 15 is 0 Å². The molecule has 243 valence electrons. The van der Waals surface area contributed by atoms with Crippen molar-refractivity contribution in [2.45, 2.75) is 38.9 Å². The van der Waals surface area contributed by atoms with E-state index in [0.717, 1.165) is 7.41 Å². The maximum Gasteiger partial charge on any atom is 0.473 e. The number of aromatic nitrogens is 2. The van der Waals surface area contributed by atoms with Gasteiger partial charge in [-0.05, 0) is 56.1 Å². The molecule has 0 saturated heterocycles. The number of aryl methyl sites for hydroxylation is 2. The summed E-state index contributed by atoms with van der Waals surface area (Å²) in [6.45, 7) is 2.08. The van der Waals surface area contributed by atoms with Crippen molar-refractivity contribution in [2.75, 3.05) is 13.2 Å². The Labute approximate surface area is 272 Å². The third-order valence-corrected chi connectivity index (χ3v) is 6.63. The number of nitrogens with zero attached hydrogens (tertiary/aromatic N) is 5. The highest BCUT2D eigenvalue weighted by atomic mass is 35.5. The first kappa shape index (κ1) is 36.3. The number of amides is 1. The number of halogens is 5. The summed E-state index contributed by atoms with van der Waals surface area (Å²) >= 11 is 12.5. The lowest BCUT2D eigenvalue weighted by molar-refractivity contribution is -0.169. The summed E-state index contributed by atoms with van der Waals surface area (Å²) in [6.07, 6.45) is -0.970. The summed E-state index contributed by atoms with van der Waals surface area (Å²) in [4.78, 5) is 33.1. The molecule has 2 aromatic carbocycles. The van der Waals surface area contributed by atoms with Gasteiger partial charge in [0.15, 0.2) is 0 Å². The number of carbonyl (C=O) groups is 2. The monoisotopic (exact) mass is 680 g/mol. The quantitative estimate of drug-likeness (QED) is 0.0728. The molecular formula is C27H29B2Cl2F3N7O5. The second kappa shape index (κ2) is 16.9. The molecule has 0 fully saturated rings. The first-order valence-electron chi connectivity index (χ1n) is 13.7. The predicted molar refractivity (Wildman–Crippen MR) is 170 cm³/mol. The fraction of sp³-hybridized carbons (Fsp3) is 0.296. The van der Waals surface area contributed by atoms with E-state index in [1.165, 1.54) is 40.5 Å². The fourth-order valence-electron chi connectivity index (χ4n) is 3.94. The number of nitrogens with two attached hydrogens (primary N) is 2. The van der Waals surface area contributed by atoms with Gasteiger partial charge in [0.25, 0.3) is 0 Å². The molecule has 0 unspecified atom stereocenters. The van der Waals surface area contributed by atoms with Crippen molar-refractivity contribution in [2.24, 2.45) is 26.3 Å². The molecule has 12 nitrogen and oxygen atoms in total. The van der Waals surface area contributed by atoms with Gasteiger partial charge >= 0.3 is 26.5 Å². The molecule has 0 aliphatic heterocycles. The lowest BCUT2D eigenvalue weighted by atomic mass is 9.90. The van der Waals surface area contributed by atoms with Gasteiger partial charge in [-0.3, -0.25) is 9.70 Å². The Morgan fingerprint density at radius 2 is 1.48 bits per heavy atom. The lowest BCUT2D eigenvalue weighted by Gasteiger charge is -2.11. The minimum absolute atomic E-state index is 0.0845. The summed E-state index contributed by atoms with van der Waals surface area (Å²) in [5, 5.41) is 9.85. The van der Waals surface area contributed by atoms with Crippen molar-refractivity contribution in [3.63, 3.8) is 0 Å². The molecule has 1 aromatic heterocycles. The van der Waals surface area contributed by atoms with E-state index in [4.69, 9.17) is 44.1 Å². The minimum Gasteiger partial charge on any atom is -0.492 e. The second-order valence-corrected chi connectivity index (χ2v) is 10.4. The Kier molecular flexibility index (Phi) is 13.3. The molecule has 1 heterocycles. The van der Waals surface area contributed by atoms with Crippen molar-refractivity contribution in [3.05, 3.63) is 75.6 Å². The van der Waals surface area contributed by atoms with E-state index in [9.17, 15) is 27.8 Å². The topological polar surface area (TPSA) is 172 Å². The molecule has 0 bridgehead atoms. The Balaban J connectivity index is 1.63. The molecular weight excluding hydrogens is 652 g/mol. The van der Waals surface area contributed by atoms with Crippen LogP contribution in [-0.2, 0) is 22.7 Å². The number of amidine groups is 2. The Morgan fingerprint density at radius 3 is 1.91 bits per heavy atom. The van der Waals surface area contributed by atoms with E-state index < -0.39 is 19.1 Å². The van der Waals surface area contributed by atoms with Crippen LogP contribution in [0.4, 0.5) is 13.2 Å². The van der Waals surface area contributed by atoms with Crippen LogP contribution in [0.25, 0.3) is 0 Å². The van der Waals surface area contributed by atoms with Gasteiger partial charge in [-0.25, -0.2) is 0 Å². The van der Waals surface area contributed by atoms with Gasteiger partial charge in [0.05, 0.1) is 23.3 Å². The summed E-state index contributed by atoms with van der Waals surface area (Å²) in [5.41, 5.74) is 12.4. The Bertz CT molecular complexity index is 1660. The molecule has 1 radical (unpaired) electrons. The molecule has 1 amide bonds. The normalized spacial score (nSPS) is 12.6. The number of alkyl halides is 3. The van der Waals surface area contributed by atoms with Crippen LogP contribution in [-0.4, -0.2) is 71.8 Å². The van der Waals surface area contributed by atoms with Crippen molar-refractivity contribution in [3.8, 4) is 11.5 Å². The van der Waals surface area contributed by atoms with Crippen molar-refractivity contribution in [1.82, 2.24) is 9.13 Å². The zero-order valence-corrected chi connectivity index (χ0v) is 26.0. The van der Waals surface area contributed by atoms with Crippen molar-refractivity contribution < 1.29 is 37.3 Å². The van der Waals surface area contributed by atoms with Gasteiger partial charge in [-0.15, -0.1) is 0 Å². The van der Waals surface area contributed by atoms with Crippen LogP contribution in [0.1, 0.15) is 24.0 Å². The van der Waals surface area contributed by atoms with E-state index in [1.807, 2.05) is 0 Å². The number of hydrogen-bond donors (Lipinski definition) is 3. The number of hydrogen-bond acceptors (Lipinski definition) is 7. The molecule has 3 rings (SSSR count). The summed E-state index contributed by atoms with van der Waals surface area (Å²) in [7, 11) is 0.0180. The predicted octanol–water partition coefficient (Wildman–Crippen LogP) is 2.85. The van der Waals surface area contributed by atoms with E-state index in [-0.39, 0.29) is 53.6 Å². The third kappa shape index (κ3) is 10.7. The smallest absolute Gasteiger partial charge is 0.473 e. The maximum absolute atomic E-state index is 13.1. The summed E-state index contributed by atoms with van der Waals surface area (Å²) < 4.78 is 53.4. The molecule has 46 heavy (non-hydrogen) atoms. The zero-order valence-electron chi connectivity index (χ0n) is 24.5. The summed E-state index contributed by atoms with van der Waals surface area (Å²) in [5.74, 6) is -1.37. The fourth-order valence-corrected chi connectivity index (χ4v) is 4.41. The number of benzene rings is 2. The van der Waals surface area contributed by atoms with Crippen LogP contribution < -0.4 is 26.6 Å². The third-order valence-electron chi connectivity index (χ3n) is 6.04. The number of carbonyl (C=O) groups excluding carboxylic acids is 2. The molecule has 0 atom stereocenters. The molecule has 5 N–H and O–H groups in total. The Hall–Kier alpha value is -4.21. The molecule has 0 aliphatic carbocycles. The number of imidazole rings is 1. The first-order valence-corrected chi connectivity index (χ1v) is 14.4. The van der Waals surface area contributed by atoms with Crippen LogP contribution >= 0.6 is 23.2 Å². The van der Waals surface area contributed by atoms with Crippen LogP contribution in [0.15, 0.2) is 63.6 Å². The van der Waals surface area contributed by atoms with Crippen molar-refractivity contribution >= 4 is 61.4 Å². The van der Waals surface area contributed by atoms with Crippen LogP contribution in [0.3, 0.4) is 0 Å². The SMILES string of the molecule is CB(O)N=C(N)c1ccc(OCCCn2ccn(CCCOc3ccc(C(N)=N[B]C=O)cc3Cl)c2=NC(=O)C(F)(F)F)c(Cl)c1. The largest absolute Gasteiger partial charge is 0.492 e. The highest BCUT2D eigenvalue weighted by molar-refractivity contribution is 6.66. The van der Waals surface area contributed by atoms with Crippen LogP contribution in [0.5, 0.6) is 11.5 Å². The van der Waals surface area contributed by atoms with E-state index in [0.29, 0.717) is 41.7 Å². The first-order chi connectivity index (χ1) is 21.8. The van der Waals surface area contributed by atoms with Crippen LogP contribution in [0, 0.1) is 0 Å². The van der Waals surface area contributed by atoms with Crippen molar-refractivity contribution in [1.29, 1.82) is 0 Å². The van der Waals surface area contributed by atoms with Gasteiger partial charge in [0, 0.05) is 36.6 Å². The van der Waals surface area contributed by atoms with E-state index in [1.54, 1.807) is 24.3 Å². The van der Waals surface area contributed by atoms with Gasteiger partial charge in [-0.1, -0.05) is 23.2 Å². The number of rotatable bonds is 15. The van der Waals surface area contributed by atoms with Gasteiger partial charge in [-0.2, -0.15) is 18.2 Å². The summed E-state index contributed by atoms with van der Waals surface area (Å²) in [6, 6.07) is 9.41. The maximum atomic E-state index is 13.1. The Morgan fingerprint density at radius 1 is 0.978 bits per heavy atom. The van der Waals surface area contributed by atoms with E-state index in [2.05, 4.69) is 14.8 Å². The van der Waals surface area contributed by atoms with Gasteiger partial charge in [0.2, 0.25) is 5.62 Å². The standard InChI is InChI=1S/C27H29B2Cl2F3N7O5/c1-29(44)39-24(36)18-5-7-22(20(31)15-18)46-13-3-9-41-11-10-40(26(41)37-25(43)27(32,33)34)8-2-12-45-21-6-4-17(14-19(21)30)23(35)38-28-16-42/h4-7,10-11,14-16,44H,2-3,8-9,12-13H2,1H3,(H2,35,38)(H2,36,39).